The summed E-state index contributed by atoms with van der Waals surface area (Å²) in [7, 11) is 0. The normalized spacial score (nSPS) is 18.5. The molecule has 1 fully saturated rings. The Hall–Kier alpha value is -2.44. The second-order valence-corrected chi connectivity index (χ2v) is 5.80. The Morgan fingerprint density at radius 1 is 1.32 bits per heavy atom. The number of piperidine rings is 1. The molecule has 0 radical (unpaired) electrons. The molecule has 3 heterocycles. The van der Waals surface area contributed by atoms with E-state index in [1.54, 1.807) is 24.1 Å². The highest BCUT2D eigenvalue weighted by molar-refractivity contribution is 5.92. The Balaban J connectivity index is 1.79. The zero-order chi connectivity index (χ0) is 15.7. The zero-order valence-corrected chi connectivity index (χ0v) is 12.7. The number of carbonyl (C=O) groups is 1. The number of likely N-dealkylation sites (tertiary alicyclic amines) is 1. The Morgan fingerprint density at radius 3 is 2.82 bits per heavy atom. The van der Waals surface area contributed by atoms with E-state index in [-0.39, 0.29) is 17.5 Å². The van der Waals surface area contributed by atoms with Gasteiger partial charge in [0, 0.05) is 36.6 Å². The monoisotopic (exact) mass is 301 g/mol. The minimum atomic E-state index is -0.487. The number of rotatable bonds is 2. The van der Waals surface area contributed by atoms with Crippen LogP contribution >= 0.6 is 0 Å². The average molecular weight is 301 g/mol. The molecule has 22 heavy (non-hydrogen) atoms. The van der Waals surface area contributed by atoms with Crippen molar-refractivity contribution in [3.8, 4) is 0 Å². The van der Waals surface area contributed by atoms with Crippen LogP contribution in [0.25, 0.3) is 0 Å². The van der Waals surface area contributed by atoms with E-state index in [2.05, 4.69) is 19.9 Å². The number of nitrogens with zero attached hydrogens (tertiary/aromatic N) is 3. The number of aromatic nitrogens is 4. The van der Waals surface area contributed by atoms with Gasteiger partial charge >= 0.3 is 5.69 Å². The van der Waals surface area contributed by atoms with Crippen LogP contribution < -0.4 is 5.69 Å². The molecule has 0 saturated carbocycles. The molecule has 1 aliphatic rings. The van der Waals surface area contributed by atoms with E-state index < -0.39 is 5.69 Å². The summed E-state index contributed by atoms with van der Waals surface area (Å²) in [6, 6.07) is 1.62. The maximum Gasteiger partial charge on any atom is 0.345 e. The highest BCUT2D eigenvalue weighted by Gasteiger charge is 2.27. The topological polar surface area (TPSA) is 94.7 Å². The number of H-pyrrole nitrogens is 2. The van der Waals surface area contributed by atoms with Gasteiger partial charge in [0.2, 0.25) is 0 Å². The van der Waals surface area contributed by atoms with Crippen LogP contribution in [0.4, 0.5) is 0 Å². The maximum atomic E-state index is 12.6. The number of nitrogens with one attached hydrogen (secondary N) is 2. The fraction of sp³-hybridized carbons (Fsp3) is 0.467. The summed E-state index contributed by atoms with van der Waals surface area (Å²) in [5.74, 6) is 0.932. The van der Waals surface area contributed by atoms with Gasteiger partial charge < -0.3 is 14.9 Å². The lowest BCUT2D eigenvalue weighted by atomic mass is 9.97. The van der Waals surface area contributed by atoms with E-state index in [9.17, 15) is 9.59 Å². The first-order valence-corrected chi connectivity index (χ1v) is 7.41. The molecule has 0 aliphatic carbocycles. The molecular formula is C15H19N5O2. The molecule has 1 aliphatic heterocycles. The molecule has 2 aromatic rings. The van der Waals surface area contributed by atoms with E-state index >= 15 is 0 Å². The minimum absolute atomic E-state index is 0.192. The van der Waals surface area contributed by atoms with Gasteiger partial charge in [-0.1, -0.05) is 0 Å². The number of hydrogen-bond acceptors (Lipinski definition) is 4. The number of hydrogen-bond donors (Lipinski definition) is 2. The molecule has 0 bridgehead atoms. The third-order valence-corrected chi connectivity index (χ3v) is 3.92. The Labute approximate surface area is 127 Å². The first kappa shape index (κ1) is 14.5. The zero-order valence-electron chi connectivity index (χ0n) is 12.7. The van der Waals surface area contributed by atoms with Crippen LogP contribution in [0.2, 0.25) is 0 Å². The van der Waals surface area contributed by atoms with Gasteiger partial charge in [-0.15, -0.1) is 0 Å². The van der Waals surface area contributed by atoms with Gasteiger partial charge in [-0.3, -0.25) is 4.79 Å². The SMILES string of the molecule is Cc1cnc([C@@H]2CCCN(C(=O)c3cc(C)[nH]c(=O)n3)C2)[nH]1. The Morgan fingerprint density at radius 2 is 2.14 bits per heavy atom. The lowest BCUT2D eigenvalue weighted by Crippen LogP contribution is -2.40. The van der Waals surface area contributed by atoms with E-state index in [0.717, 1.165) is 24.4 Å². The molecule has 2 N–H and O–H groups in total. The first-order chi connectivity index (χ1) is 10.5. The molecule has 1 amide bonds. The predicted octanol–water partition coefficient (Wildman–Crippen LogP) is 1.13. The number of amides is 1. The van der Waals surface area contributed by atoms with Gasteiger partial charge in [0.25, 0.3) is 5.91 Å². The largest absolute Gasteiger partial charge is 0.346 e. The van der Waals surface area contributed by atoms with Crippen molar-refractivity contribution in [2.24, 2.45) is 0 Å². The third kappa shape index (κ3) is 2.93. The Kier molecular flexibility index (Phi) is 3.79. The number of aryl methyl sites for hydroxylation is 2. The van der Waals surface area contributed by atoms with Crippen LogP contribution in [0.15, 0.2) is 17.1 Å². The van der Waals surface area contributed by atoms with Crippen LogP contribution in [-0.2, 0) is 0 Å². The van der Waals surface area contributed by atoms with Crippen molar-refractivity contribution >= 4 is 5.91 Å². The number of carbonyl (C=O) groups excluding carboxylic acids is 1. The molecule has 1 atom stereocenters. The maximum absolute atomic E-state index is 12.6. The second-order valence-electron chi connectivity index (χ2n) is 5.80. The van der Waals surface area contributed by atoms with Gasteiger partial charge in [-0.25, -0.2) is 9.78 Å². The van der Waals surface area contributed by atoms with E-state index in [1.165, 1.54) is 0 Å². The van der Waals surface area contributed by atoms with Gasteiger partial charge in [-0.05, 0) is 32.8 Å². The van der Waals surface area contributed by atoms with Crippen molar-refractivity contribution in [2.75, 3.05) is 13.1 Å². The fourth-order valence-electron chi connectivity index (χ4n) is 2.88. The molecular weight excluding hydrogens is 282 g/mol. The molecule has 0 aromatic carbocycles. The van der Waals surface area contributed by atoms with Crippen LogP contribution in [0.3, 0.4) is 0 Å². The fourth-order valence-corrected chi connectivity index (χ4v) is 2.88. The smallest absolute Gasteiger partial charge is 0.345 e. The molecule has 7 nitrogen and oxygen atoms in total. The third-order valence-electron chi connectivity index (χ3n) is 3.92. The van der Waals surface area contributed by atoms with E-state index in [4.69, 9.17) is 0 Å². The molecule has 3 rings (SSSR count). The molecule has 2 aromatic heterocycles. The van der Waals surface area contributed by atoms with Crippen molar-refractivity contribution in [1.82, 2.24) is 24.8 Å². The van der Waals surface area contributed by atoms with Crippen molar-refractivity contribution < 1.29 is 4.79 Å². The van der Waals surface area contributed by atoms with Crippen LogP contribution in [-0.4, -0.2) is 43.8 Å². The molecule has 116 valence electrons. The average Bonchev–Trinajstić information content (AvgIpc) is 2.92. The van der Waals surface area contributed by atoms with Gasteiger partial charge in [0.05, 0.1) is 0 Å². The molecule has 0 unspecified atom stereocenters. The minimum Gasteiger partial charge on any atom is -0.346 e. The van der Waals surface area contributed by atoms with E-state index in [1.807, 2.05) is 6.92 Å². The standard InChI is InChI=1S/C15H19N5O2/c1-9-6-12(19-15(22)18-9)14(21)20-5-3-4-11(8-20)13-16-7-10(2)17-13/h6-7,11H,3-5,8H2,1-2H3,(H,16,17)(H,18,19,22)/t11-/m1/s1. The van der Waals surface area contributed by atoms with Crippen molar-refractivity contribution in [2.45, 2.75) is 32.6 Å². The second kappa shape index (κ2) is 5.75. The summed E-state index contributed by atoms with van der Waals surface area (Å²) in [5.41, 5.74) is 1.37. The summed E-state index contributed by atoms with van der Waals surface area (Å²) in [4.78, 5) is 39.7. The highest BCUT2D eigenvalue weighted by Crippen LogP contribution is 2.25. The summed E-state index contributed by atoms with van der Waals surface area (Å²) in [6.07, 6.45) is 3.72. The summed E-state index contributed by atoms with van der Waals surface area (Å²) < 4.78 is 0. The summed E-state index contributed by atoms with van der Waals surface area (Å²) in [5, 5.41) is 0. The van der Waals surface area contributed by atoms with Gasteiger partial charge in [0.1, 0.15) is 11.5 Å². The predicted molar refractivity (Wildman–Crippen MR) is 80.8 cm³/mol. The molecule has 1 saturated heterocycles. The number of aromatic amines is 2. The van der Waals surface area contributed by atoms with Crippen molar-refractivity contribution in [3.63, 3.8) is 0 Å². The number of imidazole rings is 1. The summed E-state index contributed by atoms with van der Waals surface area (Å²) in [6.45, 7) is 4.98. The lowest BCUT2D eigenvalue weighted by Gasteiger charge is -2.31. The van der Waals surface area contributed by atoms with Crippen LogP contribution in [0.1, 0.15) is 46.5 Å². The quantitative estimate of drug-likeness (QED) is 0.869. The Bertz CT molecular complexity index is 748. The van der Waals surface area contributed by atoms with E-state index in [0.29, 0.717) is 18.8 Å². The molecule has 7 heteroatoms. The first-order valence-electron chi connectivity index (χ1n) is 7.41. The molecule has 0 spiro atoms. The van der Waals surface area contributed by atoms with Crippen LogP contribution in [0, 0.1) is 13.8 Å². The van der Waals surface area contributed by atoms with Crippen LogP contribution in [0.5, 0.6) is 0 Å². The van der Waals surface area contributed by atoms with Crippen molar-refractivity contribution in [3.05, 3.63) is 45.7 Å². The highest BCUT2D eigenvalue weighted by atomic mass is 16.2. The summed E-state index contributed by atoms with van der Waals surface area (Å²) >= 11 is 0. The lowest BCUT2D eigenvalue weighted by molar-refractivity contribution is 0.0698. The van der Waals surface area contributed by atoms with Gasteiger partial charge in [-0.2, -0.15) is 4.98 Å². The van der Waals surface area contributed by atoms with Gasteiger partial charge in [0.15, 0.2) is 0 Å². The van der Waals surface area contributed by atoms with Crippen molar-refractivity contribution in [1.29, 1.82) is 0 Å².